The summed E-state index contributed by atoms with van der Waals surface area (Å²) in [5.74, 6) is 0.796. The molecule has 1 heterocycles. The van der Waals surface area contributed by atoms with Crippen LogP contribution in [0.15, 0.2) is 11.1 Å². The van der Waals surface area contributed by atoms with Gasteiger partial charge in [0.2, 0.25) is 0 Å². The van der Waals surface area contributed by atoms with E-state index in [0.29, 0.717) is 6.61 Å². The molecule has 0 atom stereocenters. The van der Waals surface area contributed by atoms with Crippen molar-refractivity contribution in [3.8, 4) is 0 Å². The van der Waals surface area contributed by atoms with E-state index >= 15 is 0 Å². The highest BCUT2D eigenvalue weighted by molar-refractivity contribution is 5.67. The summed E-state index contributed by atoms with van der Waals surface area (Å²) in [5, 5.41) is 3.29. The molecule has 0 aromatic carbocycles. The average Bonchev–Trinajstić information content (AvgIpc) is 2.32. The third-order valence-corrected chi connectivity index (χ3v) is 2.59. The van der Waals surface area contributed by atoms with Gasteiger partial charge in [-0.3, -0.25) is 4.99 Å². The lowest BCUT2D eigenvalue weighted by Crippen LogP contribution is -2.19. The first-order valence-corrected chi connectivity index (χ1v) is 6.72. The molecule has 0 unspecified atom stereocenters. The fourth-order valence-electron chi connectivity index (χ4n) is 1.66. The quantitative estimate of drug-likeness (QED) is 0.793. The van der Waals surface area contributed by atoms with Crippen LogP contribution in [0, 0.1) is 6.92 Å². The van der Waals surface area contributed by atoms with Gasteiger partial charge in [-0.1, -0.05) is 6.92 Å². The van der Waals surface area contributed by atoms with Crippen molar-refractivity contribution in [3.63, 3.8) is 0 Å². The van der Waals surface area contributed by atoms with Gasteiger partial charge in [-0.15, -0.1) is 0 Å². The van der Waals surface area contributed by atoms with Gasteiger partial charge >= 0.3 is 0 Å². The van der Waals surface area contributed by atoms with Crippen LogP contribution in [0.4, 0.5) is 11.5 Å². The zero-order chi connectivity index (χ0) is 14.5. The Hall–Kier alpha value is -1.42. The summed E-state index contributed by atoms with van der Waals surface area (Å²) < 4.78 is 5.77. The Balaban J connectivity index is 2.95. The highest BCUT2D eigenvalue weighted by Crippen LogP contribution is 2.28. The van der Waals surface area contributed by atoms with E-state index in [-0.39, 0.29) is 5.60 Å². The Morgan fingerprint density at radius 3 is 2.63 bits per heavy atom. The lowest BCUT2D eigenvalue weighted by Gasteiger charge is -2.20. The molecule has 1 aromatic heterocycles. The van der Waals surface area contributed by atoms with Gasteiger partial charge < -0.3 is 10.1 Å². The molecule has 19 heavy (non-hydrogen) atoms. The Kier molecular flexibility index (Phi) is 5.48. The van der Waals surface area contributed by atoms with Gasteiger partial charge in [0.1, 0.15) is 5.69 Å². The number of aliphatic imine (C=N–C) groups is 1. The minimum absolute atomic E-state index is 0.165. The van der Waals surface area contributed by atoms with E-state index in [2.05, 4.69) is 28.9 Å². The van der Waals surface area contributed by atoms with E-state index in [4.69, 9.17) is 4.74 Å². The van der Waals surface area contributed by atoms with Crippen LogP contribution in [0.1, 0.15) is 45.4 Å². The lowest BCUT2D eigenvalue weighted by atomic mass is 10.2. The summed E-state index contributed by atoms with van der Waals surface area (Å²) in [6.45, 7) is 15.2. The molecule has 0 aliphatic rings. The fourth-order valence-corrected chi connectivity index (χ4v) is 1.66. The topological polar surface area (TPSA) is 46.5 Å². The number of hydrogen-bond donors (Lipinski definition) is 1. The Bertz CT molecular complexity index is 436. The number of pyridine rings is 1. The molecule has 0 bridgehead atoms. The maximum Gasteiger partial charge on any atom is 0.152 e. The number of nitrogens with zero attached hydrogens (tertiary/aromatic N) is 2. The zero-order valence-corrected chi connectivity index (χ0v) is 12.7. The van der Waals surface area contributed by atoms with Gasteiger partial charge in [0.15, 0.2) is 5.82 Å². The largest absolute Gasteiger partial charge is 0.370 e. The molecule has 0 fully saturated rings. The van der Waals surface area contributed by atoms with Crippen LogP contribution < -0.4 is 5.32 Å². The maximum absolute atomic E-state index is 5.77. The number of hydrogen-bond acceptors (Lipinski definition) is 4. The van der Waals surface area contributed by atoms with Gasteiger partial charge in [-0.2, -0.15) is 0 Å². The van der Waals surface area contributed by atoms with Crippen LogP contribution in [-0.2, 0) is 11.3 Å². The SMILES string of the molecule is C=Nc1c(C)cc(COC(C)(C)C)nc1NCCC. The summed E-state index contributed by atoms with van der Waals surface area (Å²) in [7, 11) is 0. The average molecular weight is 263 g/mol. The minimum atomic E-state index is -0.165. The molecule has 1 N–H and O–H groups in total. The van der Waals surface area contributed by atoms with Crippen molar-refractivity contribution in [2.24, 2.45) is 4.99 Å². The van der Waals surface area contributed by atoms with E-state index < -0.39 is 0 Å². The molecule has 4 nitrogen and oxygen atoms in total. The molecule has 0 spiro atoms. The Morgan fingerprint density at radius 2 is 2.11 bits per heavy atom. The van der Waals surface area contributed by atoms with E-state index in [1.165, 1.54) is 0 Å². The third-order valence-electron chi connectivity index (χ3n) is 2.59. The van der Waals surface area contributed by atoms with Crippen LogP contribution in [0.25, 0.3) is 0 Å². The van der Waals surface area contributed by atoms with Crippen molar-refractivity contribution in [1.82, 2.24) is 4.98 Å². The number of aryl methyl sites for hydroxylation is 1. The molecule has 0 amide bonds. The van der Waals surface area contributed by atoms with Crippen LogP contribution in [-0.4, -0.2) is 23.8 Å². The van der Waals surface area contributed by atoms with E-state index in [1.807, 2.05) is 33.8 Å². The molecule has 1 aromatic rings. The first-order chi connectivity index (χ1) is 8.87. The van der Waals surface area contributed by atoms with Gasteiger partial charge in [-0.05, 0) is 52.5 Å². The first kappa shape index (κ1) is 15.6. The molecule has 4 heteroatoms. The number of anilines is 1. The standard InChI is InChI=1S/C15H25N3O/c1-7-8-17-14-13(16-6)11(2)9-12(18-14)10-19-15(3,4)5/h9H,6-8,10H2,1-5H3,(H,17,18). The lowest BCUT2D eigenvalue weighted by molar-refractivity contribution is -0.0164. The van der Waals surface area contributed by atoms with E-state index in [9.17, 15) is 0 Å². The summed E-state index contributed by atoms with van der Waals surface area (Å²) in [6, 6.07) is 2.01. The minimum Gasteiger partial charge on any atom is -0.370 e. The monoisotopic (exact) mass is 263 g/mol. The van der Waals surface area contributed by atoms with Crippen molar-refractivity contribution in [2.75, 3.05) is 11.9 Å². The molecule has 0 aliphatic carbocycles. The second-order valence-electron chi connectivity index (χ2n) is 5.61. The Labute approximate surface area is 116 Å². The van der Waals surface area contributed by atoms with Gasteiger partial charge in [-0.25, -0.2) is 4.98 Å². The second-order valence-corrected chi connectivity index (χ2v) is 5.61. The molecular formula is C15H25N3O. The second kappa shape index (κ2) is 6.66. The van der Waals surface area contributed by atoms with E-state index in [0.717, 1.165) is 35.7 Å². The normalized spacial score (nSPS) is 11.4. The van der Waals surface area contributed by atoms with Crippen LogP contribution in [0.3, 0.4) is 0 Å². The molecule has 0 aliphatic heterocycles. The molecule has 106 valence electrons. The smallest absolute Gasteiger partial charge is 0.152 e. The molecule has 1 rings (SSSR count). The maximum atomic E-state index is 5.77. The Morgan fingerprint density at radius 1 is 1.42 bits per heavy atom. The summed E-state index contributed by atoms with van der Waals surface area (Å²) in [5.41, 5.74) is 2.64. The molecular weight excluding hydrogens is 238 g/mol. The summed E-state index contributed by atoms with van der Waals surface area (Å²) in [4.78, 5) is 8.63. The zero-order valence-electron chi connectivity index (χ0n) is 12.7. The van der Waals surface area contributed by atoms with Crippen molar-refractivity contribution >= 4 is 18.2 Å². The van der Waals surface area contributed by atoms with Gasteiger partial charge in [0.05, 0.1) is 17.9 Å². The highest BCUT2D eigenvalue weighted by atomic mass is 16.5. The van der Waals surface area contributed by atoms with Crippen LogP contribution >= 0.6 is 0 Å². The summed E-state index contributed by atoms with van der Waals surface area (Å²) >= 11 is 0. The van der Waals surface area contributed by atoms with Crippen LogP contribution in [0.2, 0.25) is 0 Å². The molecule has 0 saturated heterocycles. The van der Waals surface area contributed by atoms with Crippen molar-refractivity contribution in [2.45, 2.75) is 53.2 Å². The van der Waals surface area contributed by atoms with E-state index in [1.54, 1.807) is 0 Å². The van der Waals surface area contributed by atoms with Crippen LogP contribution in [0.5, 0.6) is 0 Å². The predicted octanol–water partition coefficient (Wildman–Crippen LogP) is 3.86. The predicted molar refractivity (Wildman–Crippen MR) is 81.5 cm³/mol. The molecule has 0 saturated carbocycles. The van der Waals surface area contributed by atoms with Crippen molar-refractivity contribution in [3.05, 3.63) is 17.3 Å². The summed E-state index contributed by atoms with van der Waals surface area (Å²) in [6.07, 6.45) is 1.04. The first-order valence-electron chi connectivity index (χ1n) is 6.72. The van der Waals surface area contributed by atoms with Gasteiger partial charge in [0.25, 0.3) is 0 Å². The molecule has 0 radical (unpaired) electrons. The van der Waals surface area contributed by atoms with Gasteiger partial charge in [0, 0.05) is 6.54 Å². The highest BCUT2D eigenvalue weighted by Gasteiger charge is 2.13. The fraction of sp³-hybridized carbons (Fsp3) is 0.600. The number of ether oxygens (including phenoxy) is 1. The van der Waals surface area contributed by atoms with Crippen molar-refractivity contribution in [1.29, 1.82) is 0 Å². The number of rotatable bonds is 6. The number of nitrogens with one attached hydrogen (secondary N) is 1. The third kappa shape index (κ3) is 4.99. The van der Waals surface area contributed by atoms with Crippen molar-refractivity contribution < 1.29 is 4.74 Å². The number of aromatic nitrogens is 1.